The first-order valence-corrected chi connectivity index (χ1v) is 7.80. The van der Waals surface area contributed by atoms with Gasteiger partial charge in [-0.15, -0.1) is 0 Å². The van der Waals surface area contributed by atoms with Crippen molar-refractivity contribution in [3.05, 3.63) is 28.4 Å². The third-order valence-electron chi connectivity index (χ3n) is 3.78. The fourth-order valence-electron chi connectivity index (χ4n) is 2.61. The lowest BCUT2D eigenvalue weighted by molar-refractivity contribution is 0.0947. The number of aromatic nitrogens is 2. The van der Waals surface area contributed by atoms with Crippen LogP contribution in [0.2, 0.25) is 0 Å². The molecule has 0 unspecified atom stereocenters. The Hall–Kier alpha value is -1.69. The molecule has 2 heterocycles. The Morgan fingerprint density at radius 3 is 2.67 bits per heavy atom. The highest BCUT2D eigenvalue weighted by atomic mass is 16.2. The van der Waals surface area contributed by atoms with E-state index in [2.05, 4.69) is 20.2 Å². The summed E-state index contributed by atoms with van der Waals surface area (Å²) in [6.45, 7) is 4.16. The zero-order valence-electron chi connectivity index (χ0n) is 12.4. The van der Waals surface area contributed by atoms with Crippen molar-refractivity contribution in [3.63, 3.8) is 0 Å². The fraction of sp³-hybridized carbons (Fsp3) is 0.667. The molecular formula is C15H24N4O2. The second-order valence-corrected chi connectivity index (χ2v) is 5.53. The van der Waals surface area contributed by atoms with E-state index in [0.717, 1.165) is 25.6 Å². The van der Waals surface area contributed by atoms with E-state index < -0.39 is 0 Å². The number of H-pyrrole nitrogens is 1. The summed E-state index contributed by atoms with van der Waals surface area (Å²) in [7, 11) is 0. The topological polar surface area (TPSA) is 78.1 Å². The molecule has 0 saturated carbocycles. The van der Waals surface area contributed by atoms with E-state index in [4.69, 9.17) is 0 Å². The van der Waals surface area contributed by atoms with E-state index in [-0.39, 0.29) is 17.2 Å². The third kappa shape index (κ3) is 5.67. The van der Waals surface area contributed by atoms with Crippen LogP contribution >= 0.6 is 0 Å². The molecule has 1 saturated heterocycles. The highest BCUT2D eigenvalue weighted by Gasteiger charge is 2.09. The fourth-order valence-corrected chi connectivity index (χ4v) is 2.61. The molecule has 1 fully saturated rings. The smallest absolute Gasteiger partial charge is 0.269 e. The number of amides is 1. The van der Waals surface area contributed by atoms with Gasteiger partial charge in [0.1, 0.15) is 5.69 Å². The van der Waals surface area contributed by atoms with Crippen molar-refractivity contribution < 1.29 is 4.79 Å². The van der Waals surface area contributed by atoms with Gasteiger partial charge in [-0.25, -0.2) is 0 Å². The molecule has 6 nitrogen and oxygen atoms in total. The molecule has 0 bridgehead atoms. The average Bonchev–Trinajstić information content (AvgIpc) is 2.75. The van der Waals surface area contributed by atoms with Gasteiger partial charge in [0.05, 0.1) is 12.4 Å². The number of hydrogen-bond acceptors (Lipinski definition) is 4. The van der Waals surface area contributed by atoms with Gasteiger partial charge in [0.2, 0.25) is 0 Å². The Labute approximate surface area is 125 Å². The summed E-state index contributed by atoms with van der Waals surface area (Å²) in [5.41, 5.74) is -0.140. The van der Waals surface area contributed by atoms with Crippen molar-refractivity contribution in [2.75, 3.05) is 26.2 Å². The monoisotopic (exact) mass is 292 g/mol. The number of likely N-dealkylation sites (tertiary alicyclic amines) is 1. The molecular weight excluding hydrogens is 268 g/mol. The number of aromatic amines is 1. The molecule has 0 aromatic carbocycles. The molecule has 2 N–H and O–H groups in total. The van der Waals surface area contributed by atoms with Crippen molar-refractivity contribution in [1.29, 1.82) is 0 Å². The Kier molecular flexibility index (Phi) is 6.40. The molecule has 1 aliphatic rings. The first-order valence-electron chi connectivity index (χ1n) is 7.80. The minimum absolute atomic E-state index is 0.218. The molecule has 1 aliphatic heterocycles. The highest BCUT2D eigenvalue weighted by molar-refractivity contribution is 5.91. The van der Waals surface area contributed by atoms with Crippen LogP contribution in [-0.2, 0) is 0 Å². The lowest BCUT2D eigenvalue weighted by atomic mass is 10.2. The lowest BCUT2D eigenvalue weighted by Crippen LogP contribution is -2.29. The second kappa shape index (κ2) is 8.56. The molecule has 1 amide bonds. The van der Waals surface area contributed by atoms with Crippen LogP contribution in [0.25, 0.3) is 0 Å². The Morgan fingerprint density at radius 2 is 1.95 bits per heavy atom. The molecule has 1 aromatic heterocycles. The average molecular weight is 292 g/mol. The van der Waals surface area contributed by atoms with Crippen molar-refractivity contribution >= 4 is 5.91 Å². The van der Waals surface area contributed by atoms with Gasteiger partial charge in [0, 0.05) is 6.54 Å². The summed E-state index contributed by atoms with van der Waals surface area (Å²) in [6.07, 6.45) is 9.89. The molecule has 0 aliphatic carbocycles. The zero-order chi connectivity index (χ0) is 14.9. The van der Waals surface area contributed by atoms with Crippen molar-refractivity contribution in [3.8, 4) is 0 Å². The standard InChI is InChI=1S/C15H24N4O2/c20-14-12-16-11-13(18-14)15(21)17-7-3-6-10-19-8-4-1-2-5-9-19/h11-12H,1-10H2,(H,17,21)(H,18,20). The SMILES string of the molecule is O=C(NCCCCN1CCCCCC1)c1cncc(=O)[nH]1. The van der Waals surface area contributed by atoms with E-state index in [9.17, 15) is 9.59 Å². The molecule has 116 valence electrons. The van der Waals surface area contributed by atoms with Crippen LogP contribution < -0.4 is 10.9 Å². The van der Waals surface area contributed by atoms with Gasteiger partial charge >= 0.3 is 0 Å². The second-order valence-electron chi connectivity index (χ2n) is 5.53. The number of carbonyl (C=O) groups is 1. The van der Waals surface area contributed by atoms with Crippen LogP contribution in [0.5, 0.6) is 0 Å². The summed E-state index contributed by atoms with van der Waals surface area (Å²) >= 11 is 0. The Morgan fingerprint density at radius 1 is 1.19 bits per heavy atom. The highest BCUT2D eigenvalue weighted by Crippen LogP contribution is 2.10. The maximum Gasteiger partial charge on any atom is 0.269 e. The van der Waals surface area contributed by atoms with Crippen LogP contribution in [0.1, 0.15) is 49.0 Å². The molecule has 0 atom stereocenters. The number of nitrogens with zero attached hydrogens (tertiary/aromatic N) is 2. The maximum atomic E-state index is 11.8. The predicted molar refractivity (Wildman–Crippen MR) is 81.3 cm³/mol. The number of hydrogen-bond donors (Lipinski definition) is 2. The molecule has 0 spiro atoms. The Bertz CT molecular complexity index is 492. The van der Waals surface area contributed by atoms with Crippen LogP contribution in [-0.4, -0.2) is 47.0 Å². The molecule has 1 aromatic rings. The van der Waals surface area contributed by atoms with E-state index in [1.165, 1.54) is 45.0 Å². The van der Waals surface area contributed by atoms with Gasteiger partial charge in [-0.05, 0) is 45.3 Å². The summed E-state index contributed by atoms with van der Waals surface area (Å²) in [5, 5.41) is 2.81. The third-order valence-corrected chi connectivity index (χ3v) is 3.78. The normalized spacial score (nSPS) is 16.4. The van der Waals surface area contributed by atoms with Gasteiger partial charge in [-0.1, -0.05) is 12.8 Å². The summed E-state index contributed by atoms with van der Waals surface area (Å²) in [6, 6.07) is 0. The number of carbonyl (C=O) groups excluding carboxylic acids is 1. The summed E-state index contributed by atoms with van der Waals surface area (Å²) < 4.78 is 0. The zero-order valence-corrected chi connectivity index (χ0v) is 12.4. The van der Waals surface area contributed by atoms with E-state index in [0.29, 0.717) is 6.54 Å². The molecule has 2 rings (SSSR count). The number of unbranched alkanes of at least 4 members (excludes halogenated alkanes) is 1. The van der Waals surface area contributed by atoms with Gasteiger partial charge in [-0.2, -0.15) is 0 Å². The number of rotatable bonds is 6. The molecule has 6 heteroatoms. The van der Waals surface area contributed by atoms with E-state index >= 15 is 0 Å². The molecule has 21 heavy (non-hydrogen) atoms. The largest absolute Gasteiger partial charge is 0.351 e. The van der Waals surface area contributed by atoms with Gasteiger partial charge in [-0.3, -0.25) is 14.6 Å². The first-order chi connectivity index (χ1) is 10.3. The van der Waals surface area contributed by atoms with Crippen LogP contribution in [0.4, 0.5) is 0 Å². The van der Waals surface area contributed by atoms with E-state index in [1.807, 2.05) is 0 Å². The summed E-state index contributed by atoms with van der Waals surface area (Å²) in [4.78, 5) is 31.5. The van der Waals surface area contributed by atoms with Crippen molar-refractivity contribution in [2.45, 2.75) is 38.5 Å². The van der Waals surface area contributed by atoms with Crippen LogP contribution in [0.15, 0.2) is 17.2 Å². The van der Waals surface area contributed by atoms with Crippen LogP contribution in [0, 0.1) is 0 Å². The quantitative estimate of drug-likeness (QED) is 0.771. The lowest BCUT2D eigenvalue weighted by Gasteiger charge is -2.19. The minimum atomic E-state index is -0.358. The van der Waals surface area contributed by atoms with Crippen molar-refractivity contribution in [1.82, 2.24) is 20.2 Å². The van der Waals surface area contributed by atoms with Gasteiger partial charge in [0.15, 0.2) is 0 Å². The van der Waals surface area contributed by atoms with Crippen LogP contribution in [0.3, 0.4) is 0 Å². The predicted octanol–water partition coefficient (Wildman–Crippen LogP) is 1.16. The maximum absolute atomic E-state index is 11.8. The first kappa shape index (κ1) is 15.7. The Balaban J connectivity index is 1.61. The van der Waals surface area contributed by atoms with Gasteiger partial charge in [0.25, 0.3) is 11.5 Å². The molecule has 0 radical (unpaired) electrons. The summed E-state index contributed by atoms with van der Waals surface area (Å²) in [5.74, 6) is -0.269. The van der Waals surface area contributed by atoms with Gasteiger partial charge < -0.3 is 15.2 Å². The minimum Gasteiger partial charge on any atom is -0.351 e. The van der Waals surface area contributed by atoms with E-state index in [1.54, 1.807) is 0 Å². The number of nitrogens with one attached hydrogen (secondary N) is 2. The van der Waals surface area contributed by atoms with Crippen molar-refractivity contribution in [2.24, 2.45) is 0 Å².